The molecule has 0 spiro atoms. The van der Waals surface area contributed by atoms with Gasteiger partial charge < -0.3 is 5.32 Å². The Hall–Kier alpha value is -0.340. The molecule has 0 radical (unpaired) electrons. The summed E-state index contributed by atoms with van der Waals surface area (Å²) in [5, 5.41) is 3.77. The molecule has 17 heavy (non-hydrogen) atoms. The average molecular weight is 296 g/mol. The Balaban J connectivity index is 1.91. The highest BCUT2D eigenvalue weighted by Gasteiger charge is 2.24. The van der Waals surface area contributed by atoms with E-state index >= 15 is 0 Å². The summed E-state index contributed by atoms with van der Waals surface area (Å²) in [5.41, 5.74) is 1.37. The number of benzene rings is 1. The van der Waals surface area contributed by atoms with Crippen LogP contribution in [-0.2, 0) is 0 Å². The van der Waals surface area contributed by atoms with Gasteiger partial charge in [0.1, 0.15) is 0 Å². The number of hydrogen-bond acceptors (Lipinski definition) is 1. The highest BCUT2D eigenvalue weighted by molar-refractivity contribution is 9.10. The van der Waals surface area contributed by atoms with Gasteiger partial charge in [0.25, 0.3) is 0 Å². The SMILES string of the molecule is CCC1CCC(N[C@@H](C)c2cccc(Br)c2)C1. The average Bonchev–Trinajstić information content (AvgIpc) is 2.77. The first kappa shape index (κ1) is 13.1. The van der Waals surface area contributed by atoms with Crippen molar-refractivity contribution in [3.63, 3.8) is 0 Å². The summed E-state index contributed by atoms with van der Waals surface area (Å²) in [6, 6.07) is 9.78. The van der Waals surface area contributed by atoms with E-state index in [0.717, 1.165) is 5.92 Å². The third kappa shape index (κ3) is 3.56. The molecular formula is C15H22BrN. The molecule has 2 unspecified atom stereocenters. The second kappa shape index (κ2) is 6.01. The van der Waals surface area contributed by atoms with Crippen LogP contribution in [0.3, 0.4) is 0 Å². The van der Waals surface area contributed by atoms with Crippen molar-refractivity contribution in [2.24, 2.45) is 5.92 Å². The van der Waals surface area contributed by atoms with Gasteiger partial charge in [-0.25, -0.2) is 0 Å². The highest BCUT2D eigenvalue weighted by Crippen LogP contribution is 2.29. The van der Waals surface area contributed by atoms with Crippen LogP contribution < -0.4 is 5.32 Å². The molecule has 0 saturated heterocycles. The topological polar surface area (TPSA) is 12.0 Å². The lowest BCUT2D eigenvalue weighted by Crippen LogP contribution is -2.29. The summed E-state index contributed by atoms with van der Waals surface area (Å²) in [6.07, 6.45) is 5.44. The molecule has 1 saturated carbocycles. The van der Waals surface area contributed by atoms with E-state index in [1.54, 1.807) is 0 Å². The summed E-state index contributed by atoms with van der Waals surface area (Å²) in [4.78, 5) is 0. The molecular weight excluding hydrogens is 274 g/mol. The Labute approximate surface area is 113 Å². The van der Waals surface area contributed by atoms with Crippen molar-refractivity contribution >= 4 is 15.9 Å². The monoisotopic (exact) mass is 295 g/mol. The molecule has 0 heterocycles. The van der Waals surface area contributed by atoms with Crippen LogP contribution in [-0.4, -0.2) is 6.04 Å². The molecule has 0 aliphatic heterocycles. The van der Waals surface area contributed by atoms with Crippen molar-refractivity contribution in [1.29, 1.82) is 0 Å². The molecule has 1 fully saturated rings. The van der Waals surface area contributed by atoms with E-state index in [2.05, 4.69) is 59.4 Å². The van der Waals surface area contributed by atoms with Gasteiger partial charge in [0, 0.05) is 16.6 Å². The molecule has 1 nitrogen and oxygen atoms in total. The zero-order valence-corrected chi connectivity index (χ0v) is 12.3. The fraction of sp³-hybridized carbons (Fsp3) is 0.600. The first-order valence-corrected chi connectivity index (χ1v) is 7.50. The zero-order chi connectivity index (χ0) is 12.3. The summed E-state index contributed by atoms with van der Waals surface area (Å²) >= 11 is 3.54. The second-order valence-electron chi connectivity index (χ2n) is 5.23. The number of rotatable bonds is 4. The van der Waals surface area contributed by atoms with Crippen molar-refractivity contribution < 1.29 is 0 Å². The summed E-state index contributed by atoms with van der Waals surface area (Å²) in [5.74, 6) is 0.946. The van der Waals surface area contributed by atoms with E-state index in [9.17, 15) is 0 Å². The zero-order valence-electron chi connectivity index (χ0n) is 10.7. The summed E-state index contributed by atoms with van der Waals surface area (Å²) in [6.45, 7) is 4.58. The fourth-order valence-electron chi connectivity index (χ4n) is 2.82. The lowest BCUT2D eigenvalue weighted by atomic mass is 10.0. The first-order chi connectivity index (χ1) is 8.19. The molecule has 0 bridgehead atoms. The van der Waals surface area contributed by atoms with E-state index in [-0.39, 0.29) is 0 Å². The molecule has 1 aromatic carbocycles. The third-order valence-electron chi connectivity index (χ3n) is 3.95. The number of halogens is 1. The predicted molar refractivity (Wildman–Crippen MR) is 77.1 cm³/mol. The number of nitrogens with one attached hydrogen (secondary N) is 1. The van der Waals surface area contributed by atoms with Gasteiger partial charge in [0.05, 0.1) is 0 Å². The standard InChI is InChI=1S/C15H22BrN/c1-3-12-7-8-15(9-12)17-11(2)13-5-4-6-14(16)10-13/h4-6,10-12,15,17H,3,7-9H2,1-2H3/t11-,12?,15?/m0/s1. The molecule has 1 aromatic rings. The maximum Gasteiger partial charge on any atom is 0.0294 e. The van der Waals surface area contributed by atoms with Crippen LogP contribution in [0.2, 0.25) is 0 Å². The van der Waals surface area contributed by atoms with Gasteiger partial charge in [0.2, 0.25) is 0 Å². The van der Waals surface area contributed by atoms with Crippen molar-refractivity contribution in [3.05, 3.63) is 34.3 Å². The van der Waals surface area contributed by atoms with Crippen LogP contribution in [0.1, 0.15) is 51.1 Å². The predicted octanol–water partition coefficient (Wildman–Crippen LogP) is 4.68. The molecule has 1 N–H and O–H groups in total. The maximum atomic E-state index is 3.77. The van der Waals surface area contributed by atoms with Gasteiger partial charge in [0.15, 0.2) is 0 Å². The molecule has 2 heteroatoms. The van der Waals surface area contributed by atoms with Crippen LogP contribution in [0.25, 0.3) is 0 Å². The first-order valence-electron chi connectivity index (χ1n) is 6.70. The third-order valence-corrected chi connectivity index (χ3v) is 4.45. The molecule has 94 valence electrons. The highest BCUT2D eigenvalue weighted by atomic mass is 79.9. The largest absolute Gasteiger partial charge is 0.307 e. The van der Waals surface area contributed by atoms with E-state index in [1.165, 1.54) is 35.7 Å². The molecule has 1 aliphatic rings. The minimum absolute atomic E-state index is 0.452. The van der Waals surface area contributed by atoms with Crippen LogP contribution in [0.4, 0.5) is 0 Å². The molecule has 0 aromatic heterocycles. The van der Waals surface area contributed by atoms with Crippen molar-refractivity contribution in [2.75, 3.05) is 0 Å². The minimum Gasteiger partial charge on any atom is -0.307 e. The van der Waals surface area contributed by atoms with Crippen molar-refractivity contribution in [3.8, 4) is 0 Å². The smallest absolute Gasteiger partial charge is 0.0294 e. The molecule has 3 atom stereocenters. The maximum absolute atomic E-state index is 3.77. The Kier molecular flexibility index (Phi) is 4.63. The van der Waals surface area contributed by atoms with Gasteiger partial charge in [-0.3, -0.25) is 0 Å². The Morgan fingerprint density at radius 1 is 1.41 bits per heavy atom. The lowest BCUT2D eigenvalue weighted by molar-refractivity contribution is 0.437. The Morgan fingerprint density at radius 3 is 2.88 bits per heavy atom. The van der Waals surface area contributed by atoms with Crippen molar-refractivity contribution in [2.45, 2.75) is 51.6 Å². The molecule has 0 amide bonds. The summed E-state index contributed by atoms with van der Waals surface area (Å²) in [7, 11) is 0. The van der Waals surface area contributed by atoms with Gasteiger partial charge >= 0.3 is 0 Å². The normalized spacial score (nSPS) is 26.1. The minimum atomic E-state index is 0.452. The quantitative estimate of drug-likeness (QED) is 0.850. The molecule has 2 rings (SSSR count). The molecule has 1 aliphatic carbocycles. The number of hydrogen-bond donors (Lipinski definition) is 1. The van der Waals surface area contributed by atoms with Crippen molar-refractivity contribution in [1.82, 2.24) is 5.32 Å². The van der Waals surface area contributed by atoms with Gasteiger partial charge in [-0.15, -0.1) is 0 Å². The van der Waals surface area contributed by atoms with E-state index < -0.39 is 0 Å². The Bertz CT molecular complexity index is 364. The van der Waals surface area contributed by atoms with Gasteiger partial charge in [-0.2, -0.15) is 0 Å². The van der Waals surface area contributed by atoms with Crippen LogP contribution in [0.5, 0.6) is 0 Å². The summed E-state index contributed by atoms with van der Waals surface area (Å²) < 4.78 is 1.17. The van der Waals surface area contributed by atoms with Crippen LogP contribution >= 0.6 is 15.9 Å². The van der Waals surface area contributed by atoms with E-state index in [0.29, 0.717) is 12.1 Å². The van der Waals surface area contributed by atoms with Crippen LogP contribution in [0.15, 0.2) is 28.7 Å². The second-order valence-corrected chi connectivity index (χ2v) is 6.14. The fourth-order valence-corrected chi connectivity index (χ4v) is 3.24. The van der Waals surface area contributed by atoms with Crippen LogP contribution in [0, 0.1) is 5.92 Å². The lowest BCUT2D eigenvalue weighted by Gasteiger charge is -2.20. The Morgan fingerprint density at radius 2 is 2.24 bits per heavy atom. The van der Waals surface area contributed by atoms with E-state index in [4.69, 9.17) is 0 Å². The van der Waals surface area contributed by atoms with Gasteiger partial charge in [-0.05, 0) is 49.8 Å². The van der Waals surface area contributed by atoms with E-state index in [1.807, 2.05) is 0 Å². The van der Waals surface area contributed by atoms with Gasteiger partial charge in [-0.1, -0.05) is 41.4 Å².